The number of carboxylic acid groups (broad SMARTS) is 1. The van der Waals surface area contributed by atoms with E-state index in [1.807, 2.05) is 6.92 Å². The maximum absolute atomic E-state index is 12.3. The van der Waals surface area contributed by atoms with Crippen molar-refractivity contribution in [3.05, 3.63) is 0 Å². The molecule has 0 radical (unpaired) electrons. The monoisotopic (exact) mass is 258 g/mol. The summed E-state index contributed by atoms with van der Waals surface area (Å²) in [6, 6.07) is -0.345. The zero-order valence-electron chi connectivity index (χ0n) is 10.8. The molecule has 0 aromatic heterocycles. The summed E-state index contributed by atoms with van der Waals surface area (Å²) in [7, 11) is 0. The molecule has 0 spiro atoms. The van der Waals surface area contributed by atoms with E-state index in [1.165, 1.54) is 0 Å². The number of carboxylic acids is 1. The molecule has 6 nitrogen and oxygen atoms in total. The van der Waals surface area contributed by atoms with E-state index in [4.69, 9.17) is 10.2 Å². The number of carbonyl (C=O) groups excluding carboxylic acids is 1. The lowest BCUT2D eigenvalue weighted by Crippen LogP contribution is -2.47. The number of carbonyl (C=O) groups is 2. The summed E-state index contributed by atoms with van der Waals surface area (Å²) >= 11 is 0. The number of aliphatic carboxylic acids is 1. The first kappa shape index (κ1) is 14.8. The van der Waals surface area contributed by atoms with E-state index in [0.717, 1.165) is 19.3 Å². The lowest BCUT2D eigenvalue weighted by atomic mass is 10.1. The third-order valence-electron chi connectivity index (χ3n) is 3.17. The predicted molar refractivity (Wildman–Crippen MR) is 66.3 cm³/mol. The van der Waals surface area contributed by atoms with E-state index >= 15 is 0 Å². The topological polar surface area (TPSA) is 81.1 Å². The van der Waals surface area contributed by atoms with Crippen LogP contribution < -0.4 is 0 Å². The van der Waals surface area contributed by atoms with Gasteiger partial charge in [0.25, 0.3) is 0 Å². The molecule has 1 atom stereocenters. The Morgan fingerprint density at radius 3 is 2.67 bits per heavy atom. The van der Waals surface area contributed by atoms with Gasteiger partial charge in [-0.15, -0.1) is 0 Å². The molecule has 1 rings (SSSR count). The number of likely N-dealkylation sites (tertiary alicyclic amines) is 1. The molecule has 0 saturated carbocycles. The van der Waals surface area contributed by atoms with E-state index in [1.54, 1.807) is 9.80 Å². The third-order valence-corrected chi connectivity index (χ3v) is 3.17. The molecular weight excluding hydrogens is 236 g/mol. The van der Waals surface area contributed by atoms with Crippen LogP contribution in [-0.4, -0.2) is 64.3 Å². The van der Waals surface area contributed by atoms with Gasteiger partial charge in [-0.1, -0.05) is 6.92 Å². The van der Waals surface area contributed by atoms with Crippen molar-refractivity contribution >= 4 is 12.0 Å². The molecule has 6 heteroatoms. The van der Waals surface area contributed by atoms with E-state index in [9.17, 15) is 9.59 Å². The standard InChI is InChI=1S/C12H22N2O4/c1-2-5-13(7-8-15)12(18)14-6-3-4-10(14)9-11(16)17/h10,15H,2-9H2,1H3,(H,16,17). The molecule has 2 amide bonds. The highest BCUT2D eigenvalue weighted by atomic mass is 16.4. The van der Waals surface area contributed by atoms with Crippen LogP contribution in [0.25, 0.3) is 0 Å². The van der Waals surface area contributed by atoms with Crippen molar-refractivity contribution in [2.24, 2.45) is 0 Å². The highest BCUT2D eigenvalue weighted by Gasteiger charge is 2.32. The van der Waals surface area contributed by atoms with Crippen LogP contribution in [0.15, 0.2) is 0 Å². The number of aliphatic hydroxyl groups excluding tert-OH is 1. The number of urea groups is 1. The van der Waals surface area contributed by atoms with Gasteiger partial charge in [-0.05, 0) is 19.3 Å². The van der Waals surface area contributed by atoms with Gasteiger partial charge in [-0.2, -0.15) is 0 Å². The summed E-state index contributed by atoms with van der Waals surface area (Å²) in [6.45, 7) is 3.42. The minimum Gasteiger partial charge on any atom is -0.481 e. The number of nitrogens with zero attached hydrogens (tertiary/aromatic N) is 2. The molecule has 1 fully saturated rings. The van der Waals surface area contributed by atoms with Crippen LogP contribution >= 0.6 is 0 Å². The van der Waals surface area contributed by atoms with Gasteiger partial charge in [0.2, 0.25) is 0 Å². The summed E-state index contributed by atoms with van der Waals surface area (Å²) in [6.07, 6.45) is 2.42. The lowest BCUT2D eigenvalue weighted by Gasteiger charge is -2.30. The van der Waals surface area contributed by atoms with Crippen molar-refractivity contribution < 1.29 is 19.8 Å². The van der Waals surface area contributed by atoms with Crippen LogP contribution in [0, 0.1) is 0 Å². The molecule has 18 heavy (non-hydrogen) atoms. The first-order chi connectivity index (χ1) is 8.60. The Morgan fingerprint density at radius 1 is 1.39 bits per heavy atom. The second-order valence-corrected chi connectivity index (χ2v) is 4.58. The Labute approximate surface area is 107 Å². The van der Waals surface area contributed by atoms with Crippen molar-refractivity contribution in [3.8, 4) is 0 Å². The van der Waals surface area contributed by atoms with E-state index in [0.29, 0.717) is 19.6 Å². The number of hydrogen-bond donors (Lipinski definition) is 2. The fraction of sp³-hybridized carbons (Fsp3) is 0.833. The molecule has 0 aromatic carbocycles. The first-order valence-electron chi connectivity index (χ1n) is 6.48. The number of rotatable bonds is 6. The van der Waals surface area contributed by atoms with Crippen molar-refractivity contribution in [2.75, 3.05) is 26.2 Å². The van der Waals surface area contributed by atoms with Crippen molar-refractivity contribution in [2.45, 2.75) is 38.6 Å². The first-order valence-corrected chi connectivity index (χ1v) is 6.48. The van der Waals surface area contributed by atoms with Crippen LogP contribution in [0.4, 0.5) is 4.79 Å². The average Bonchev–Trinajstić information content (AvgIpc) is 2.75. The second-order valence-electron chi connectivity index (χ2n) is 4.58. The number of hydrogen-bond acceptors (Lipinski definition) is 3. The van der Waals surface area contributed by atoms with Gasteiger partial charge >= 0.3 is 12.0 Å². The Balaban J connectivity index is 2.64. The van der Waals surface area contributed by atoms with Gasteiger partial charge in [-0.25, -0.2) is 4.79 Å². The normalized spacial score (nSPS) is 19.0. The van der Waals surface area contributed by atoms with Gasteiger partial charge in [0.15, 0.2) is 0 Å². The SMILES string of the molecule is CCCN(CCO)C(=O)N1CCCC1CC(=O)O. The molecule has 0 aromatic rings. The highest BCUT2D eigenvalue weighted by Crippen LogP contribution is 2.21. The Hall–Kier alpha value is -1.30. The number of aliphatic hydroxyl groups is 1. The van der Waals surface area contributed by atoms with Crippen molar-refractivity contribution in [1.82, 2.24) is 9.80 Å². The molecule has 104 valence electrons. The molecule has 1 aliphatic rings. The molecule has 1 aliphatic heterocycles. The van der Waals surface area contributed by atoms with E-state index in [-0.39, 0.29) is 25.1 Å². The van der Waals surface area contributed by atoms with Gasteiger partial charge in [0.1, 0.15) is 0 Å². The third kappa shape index (κ3) is 3.87. The fourth-order valence-electron chi connectivity index (χ4n) is 2.38. The minimum atomic E-state index is -0.871. The highest BCUT2D eigenvalue weighted by molar-refractivity contribution is 5.76. The van der Waals surface area contributed by atoms with Crippen molar-refractivity contribution in [1.29, 1.82) is 0 Å². The summed E-state index contributed by atoms with van der Waals surface area (Å²) in [5.74, 6) is -0.871. The van der Waals surface area contributed by atoms with Crippen LogP contribution in [0.1, 0.15) is 32.6 Å². The van der Waals surface area contributed by atoms with Gasteiger partial charge in [0, 0.05) is 25.7 Å². The maximum atomic E-state index is 12.3. The van der Waals surface area contributed by atoms with Crippen LogP contribution in [-0.2, 0) is 4.79 Å². The van der Waals surface area contributed by atoms with Gasteiger partial charge in [-0.3, -0.25) is 4.79 Å². The quantitative estimate of drug-likeness (QED) is 0.736. The summed E-state index contributed by atoms with van der Waals surface area (Å²) in [5.41, 5.74) is 0. The van der Waals surface area contributed by atoms with E-state index < -0.39 is 5.97 Å². The molecule has 1 heterocycles. The largest absolute Gasteiger partial charge is 0.481 e. The summed E-state index contributed by atoms with van der Waals surface area (Å²) < 4.78 is 0. The summed E-state index contributed by atoms with van der Waals surface area (Å²) in [5, 5.41) is 17.8. The zero-order chi connectivity index (χ0) is 13.5. The Bertz CT molecular complexity index is 290. The minimum absolute atomic E-state index is 0.00479. The summed E-state index contributed by atoms with van der Waals surface area (Å²) in [4.78, 5) is 26.3. The van der Waals surface area contributed by atoms with E-state index in [2.05, 4.69) is 0 Å². The molecule has 0 aliphatic carbocycles. The van der Waals surface area contributed by atoms with Crippen LogP contribution in [0.5, 0.6) is 0 Å². The average molecular weight is 258 g/mol. The molecule has 1 unspecified atom stereocenters. The Kier molecular flexibility index (Phi) is 5.91. The van der Waals surface area contributed by atoms with Crippen LogP contribution in [0.3, 0.4) is 0 Å². The van der Waals surface area contributed by atoms with Gasteiger partial charge < -0.3 is 20.0 Å². The maximum Gasteiger partial charge on any atom is 0.320 e. The van der Waals surface area contributed by atoms with Gasteiger partial charge in [0.05, 0.1) is 13.0 Å². The van der Waals surface area contributed by atoms with Crippen molar-refractivity contribution in [3.63, 3.8) is 0 Å². The second kappa shape index (κ2) is 7.20. The molecule has 0 bridgehead atoms. The van der Waals surface area contributed by atoms with Crippen LogP contribution in [0.2, 0.25) is 0 Å². The number of amides is 2. The fourth-order valence-corrected chi connectivity index (χ4v) is 2.38. The smallest absolute Gasteiger partial charge is 0.320 e. The molecule has 1 saturated heterocycles. The Morgan fingerprint density at radius 2 is 2.11 bits per heavy atom. The lowest BCUT2D eigenvalue weighted by molar-refractivity contribution is -0.138. The molecule has 2 N–H and O–H groups in total. The predicted octanol–water partition coefficient (Wildman–Crippen LogP) is 0.750. The zero-order valence-corrected chi connectivity index (χ0v) is 10.8. The molecular formula is C12H22N2O4.